The topological polar surface area (TPSA) is 54.5 Å². The lowest BCUT2D eigenvalue weighted by molar-refractivity contribution is 0.0793. The smallest absolute Gasteiger partial charge is 0.253 e. The number of carbonyl (C=O) groups excluding carboxylic acids is 1. The molecule has 5 nitrogen and oxygen atoms in total. The van der Waals surface area contributed by atoms with Crippen molar-refractivity contribution < 1.29 is 9.53 Å². The fourth-order valence-corrected chi connectivity index (χ4v) is 2.39. The second-order valence-corrected chi connectivity index (χ2v) is 6.33. The van der Waals surface area contributed by atoms with E-state index in [-0.39, 0.29) is 12.0 Å². The number of nitrogens with zero attached hydrogens (tertiary/aromatic N) is 2. The molecule has 5 heteroatoms. The molecular weight excluding hydrogens is 314 g/mol. The second kappa shape index (κ2) is 9.06. The van der Waals surface area contributed by atoms with Crippen molar-refractivity contribution in [3.63, 3.8) is 0 Å². The molecule has 25 heavy (non-hydrogen) atoms. The van der Waals surface area contributed by atoms with Crippen LogP contribution in [0.4, 0.5) is 11.5 Å². The van der Waals surface area contributed by atoms with Gasteiger partial charge in [0.05, 0.1) is 6.10 Å². The zero-order chi connectivity index (χ0) is 18.2. The van der Waals surface area contributed by atoms with E-state index in [0.29, 0.717) is 11.4 Å². The van der Waals surface area contributed by atoms with Crippen LogP contribution in [0.2, 0.25) is 0 Å². The number of unbranched alkanes of at least 4 members (excludes halogenated alkanes) is 1. The average molecular weight is 341 g/mol. The van der Waals surface area contributed by atoms with E-state index in [1.165, 1.54) is 0 Å². The van der Waals surface area contributed by atoms with Crippen LogP contribution in [-0.4, -0.2) is 35.5 Å². The van der Waals surface area contributed by atoms with Crippen LogP contribution in [0, 0.1) is 0 Å². The first kappa shape index (κ1) is 18.8. The number of aromatic nitrogens is 1. The van der Waals surface area contributed by atoms with E-state index in [1.807, 2.05) is 45.2 Å². The molecule has 1 N–H and O–H groups in total. The molecule has 0 fully saturated rings. The molecule has 0 aliphatic rings. The van der Waals surface area contributed by atoms with Crippen molar-refractivity contribution >= 4 is 17.4 Å². The van der Waals surface area contributed by atoms with Crippen LogP contribution < -0.4 is 10.1 Å². The maximum Gasteiger partial charge on any atom is 0.253 e. The lowest BCUT2D eigenvalue weighted by Crippen LogP contribution is -2.27. The van der Waals surface area contributed by atoms with Crippen LogP contribution >= 0.6 is 0 Å². The molecule has 0 saturated carbocycles. The first-order chi connectivity index (χ1) is 12.0. The minimum Gasteiger partial charge on any atom is -0.491 e. The Bertz CT molecular complexity index is 684. The molecule has 1 aromatic heterocycles. The van der Waals surface area contributed by atoms with Crippen molar-refractivity contribution in [2.45, 2.75) is 39.7 Å². The monoisotopic (exact) mass is 341 g/mol. The summed E-state index contributed by atoms with van der Waals surface area (Å²) in [7, 11) is 1.83. The van der Waals surface area contributed by atoms with Gasteiger partial charge in [0.15, 0.2) is 0 Å². The van der Waals surface area contributed by atoms with E-state index < -0.39 is 0 Å². The fraction of sp³-hybridized carbons (Fsp3) is 0.400. The number of benzene rings is 1. The summed E-state index contributed by atoms with van der Waals surface area (Å²) in [4.78, 5) is 18.5. The van der Waals surface area contributed by atoms with Gasteiger partial charge in [0.1, 0.15) is 11.6 Å². The van der Waals surface area contributed by atoms with E-state index in [9.17, 15) is 4.79 Å². The van der Waals surface area contributed by atoms with E-state index in [2.05, 4.69) is 17.2 Å². The zero-order valence-electron chi connectivity index (χ0n) is 15.5. The largest absolute Gasteiger partial charge is 0.491 e. The summed E-state index contributed by atoms with van der Waals surface area (Å²) < 4.78 is 5.63. The van der Waals surface area contributed by atoms with Crippen molar-refractivity contribution in [1.82, 2.24) is 9.88 Å². The van der Waals surface area contributed by atoms with Crippen LogP contribution in [0.1, 0.15) is 44.0 Å². The molecule has 1 heterocycles. The number of amides is 1. The minimum absolute atomic E-state index is 0.0135. The van der Waals surface area contributed by atoms with Gasteiger partial charge in [0.2, 0.25) is 0 Å². The van der Waals surface area contributed by atoms with Gasteiger partial charge in [-0.3, -0.25) is 4.79 Å². The van der Waals surface area contributed by atoms with Crippen LogP contribution in [0.3, 0.4) is 0 Å². The molecule has 0 aliphatic heterocycles. The maximum atomic E-state index is 12.5. The van der Waals surface area contributed by atoms with Crippen molar-refractivity contribution in [3.8, 4) is 5.75 Å². The molecule has 2 aromatic rings. The number of hydrogen-bond donors (Lipinski definition) is 1. The SMILES string of the molecule is CCCCN(C)C(=O)c1ccnc(Nc2ccc(OC(C)C)cc2)c1. The van der Waals surface area contributed by atoms with E-state index in [0.717, 1.165) is 30.8 Å². The summed E-state index contributed by atoms with van der Waals surface area (Å²) in [5.74, 6) is 1.49. The molecule has 0 aliphatic carbocycles. The molecule has 0 bridgehead atoms. The standard InChI is InChI=1S/C20H27N3O2/c1-5-6-13-23(4)20(24)16-11-12-21-19(14-16)22-17-7-9-18(10-8-17)25-15(2)3/h7-12,14-15H,5-6,13H2,1-4H3,(H,21,22). The molecule has 0 atom stereocenters. The van der Waals surface area contributed by atoms with Gasteiger partial charge < -0.3 is 15.0 Å². The van der Waals surface area contributed by atoms with Gasteiger partial charge in [0, 0.05) is 31.0 Å². The third kappa shape index (κ3) is 5.78. The highest BCUT2D eigenvalue weighted by Gasteiger charge is 2.12. The van der Waals surface area contributed by atoms with Gasteiger partial charge in [-0.15, -0.1) is 0 Å². The summed E-state index contributed by atoms with van der Waals surface area (Å²) in [6.07, 6.45) is 3.87. The lowest BCUT2D eigenvalue weighted by atomic mass is 10.2. The van der Waals surface area contributed by atoms with Crippen molar-refractivity contribution in [2.24, 2.45) is 0 Å². The Morgan fingerprint density at radius 1 is 1.24 bits per heavy atom. The van der Waals surface area contributed by atoms with Crippen LogP contribution in [0.25, 0.3) is 0 Å². The lowest BCUT2D eigenvalue weighted by Gasteiger charge is -2.17. The molecule has 134 valence electrons. The van der Waals surface area contributed by atoms with E-state index in [1.54, 1.807) is 23.2 Å². The number of pyridine rings is 1. The Labute approximate surface area is 150 Å². The molecule has 0 radical (unpaired) electrons. The van der Waals surface area contributed by atoms with Crippen molar-refractivity contribution in [2.75, 3.05) is 18.9 Å². The van der Waals surface area contributed by atoms with Crippen LogP contribution in [0.15, 0.2) is 42.6 Å². The molecule has 1 aromatic carbocycles. The summed E-state index contributed by atoms with van der Waals surface area (Å²) in [5, 5.41) is 3.22. The molecular formula is C20H27N3O2. The number of anilines is 2. The number of nitrogens with one attached hydrogen (secondary N) is 1. The summed E-state index contributed by atoms with van der Waals surface area (Å²) in [6, 6.07) is 11.2. The van der Waals surface area contributed by atoms with Gasteiger partial charge in [-0.05, 0) is 56.7 Å². The van der Waals surface area contributed by atoms with Crippen LogP contribution in [-0.2, 0) is 0 Å². The molecule has 2 rings (SSSR count). The predicted octanol–water partition coefficient (Wildman–Crippen LogP) is 4.48. The highest BCUT2D eigenvalue weighted by atomic mass is 16.5. The van der Waals surface area contributed by atoms with Crippen LogP contribution in [0.5, 0.6) is 5.75 Å². The Balaban J connectivity index is 2.04. The second-order valence-electron chi connectivity index (χ2n) is 6.33. The van der Waals surface area contributed by atoms with Gasteiger partial charge in [-0.2, -0.15) is 0 Å². The quantitative estimate of drug-likeness (QED) is 0.769. The number of hydrogen-bond acceptors (Lipinski definition) is 4. The average Bonchev–Trinajstić information content (AvgIpc) is 2.60. The van der Waals surface area contributed by atoms with Gasteiger partial charge in [-0.25, -0.2) is 4.98 Å². The fourth-order valence-electron chi connectivity index (χ4n) is 2.39. The number of carbonyl (C=O) groups is 1. The van der Waals surface area contributed by atoms with Gasteiger partial charge in [-0.1, -0.05) is 13.3 Å². The van der Waals surface area contributed by atoms with Gasteiger partial charge in [0.25, 0.3) is 5.91 Å². The normalized spacial score (nSPS) is 10.6. The van der Waals surface area contributed by atoms with Crippen molar-refractivity contribution in [3.05, 3.63) is 48.2 Å². The Morgan fingerprint density at radius 3 is 2.60 bits per heavy atom. The minimum atomic E-state index is 0.0135. The highest BCUT2D eigenvalue weighted by Crippen LogP contribution is 2.20. The Morgan fingerprint density at radius 2 is 1.96 bits per heavy atom. The summed E-state index contributed by atoms with van der Waals surface area (Å²) in [5.41, 5.74) is 1.53. The Kier molecular flexibility index (Phi) is 6.81. The van der Waals surface area contributed by atoms with E-state index >= 15 is 0 Å². The molecule has 0 saturated heterocycles. The maximum absolute atomic E-state index is 12.5. The predicted molar refractivity (Wildman–Crippen MR) is 102 cm³/mol. The Hall–Kier alpha value is -2.56. The number of ether oxygens (including phenoxy) is 1. The molecule has 0 unspecified atom stereocenters. The van der Waals surface area contributed by atoms with E-state index in [4.69, 9.17) is 4.74 Å². The number of rotatable bonds is 8. The molecule has 1 amide bonds. The first-order valence-corrected chi connectivity index (χ1v) is 8.75. The zero-order valence-corrected chi connectivity index (χ0v) is 15.5. The van der Waals surface area contributed by atoms with Crippen molar-refractivity contribution in [1.29, 1.82) is 0 Å². The van der Waals surface area contributed by atoms with Gasteiger partial charge >= 0.3 is 0 Å². The highest BCUT2D eigenvalue weighted by molar-refractivity contribution is 5.94. The first-order valence-electron chi connectivity index (χ1n) is 8.75. The summed E-state index contributed by atoms with van der Waals surface area (Å²) >= 11 is 0. The molecule has 0 spiro atoms. The third-order valence-corrected chi connectivity index (χ3v) is 3.70. The summed E-state index contributed by atoms with van der Waals surface area (Å²) in [6.45, 7) is 6.87. The third-order valence-electron chi connectivity index (χ3n) is 3.70.